The molecule has 28 heavy (non-hydrogen) atoms. The zero-order valence-corrected chi connectivity index (χ0v) is 15.7. The van der Waals surface area contributed by atoms with Crippen molar-refractivity contribution in [3.8, 4) is 0 Å². The summed E-state index contributed by atoms with van der Waals surface area (Å²) in [4.78, 5) is 25.3. The molecule has 0 aliphatic rings. The minimum absolute atomic E-state index is 0.202. The van der Waals surface area contributed by atoms with Gasteiger partial charge in [-0.1, -0.05) is 78.4 Å². The number of hydrogen-bond acceptors (Lipinski definition) is 2. The fraction of sp³-hybridized carbons (Fsp3) is 0.0833. The summed E-state index contributed by atoms with van der Waals surface area (Å²) in [6.45, 7) is 2.38. The largest absolute Gasteiger partial charge is 0.347 e. The molecule has 0 fully saturated rings. The fourth-order valence-electron chi connectivity index (χ4n) is 2.65. The van der Waals surface area contributed by atoms with Crippen LogP contribution in [0, 0.1) is 6.92 Å². The molecule has 0 bridgehead atoms. The van der Waals surface area contributed by atoms with E-state index in [-0.39, 0.29) is 17.5 Å². The van der Waals surface area contributed by atoms with Gasteiger partial charge in [0.2, 0.25) is 0 Å². The van der Waals surface area contributed by atoms with Crippen LogP contribution in [0.25, 0.3) is 6.08 Å². The molecule has 4 nitrogen and oxygen atoms in total. The molecule has 0 saturated heterocycles. The highest BCUT2D eigenvalue weighted by Gasteiger charge is 2.14. The van der Waals surface area contributed by atoms with Gasteiger partial charge in [0, 0.05) is 12.1 Å². The lowest BCUT2D eigenvalue weighted by molar-refractivity contribution is -0.117. The Labute approximate surface area is 164 Å². The minimum atomic E-state index is -0.339. The molecule has 0 aromatic heterocycles. The molecule has 0 aliphatic carbocycles. The van der Waals surface area contributed by atoms with Crippen LogP contribution in [0.5, 0.6) is 0 Å². The van der Waals surface area contributed by atoms with Gasteiger partial charge in [0.1, 0.15) is 5.70 Å². The van der Waals surface area contributed by atoms with Crippen molar-refractivity contribution in [2.24, 2.45) is 0 Å². The lowest BCUT2D eigenvalue weighted by Crippen LogP contribution is -2.34. The highest BCUT2D eigenvalue weighted by atomic mass is 16.2. The van der Waals surface area contributed by atoms with Gasteiger partial charge in [-0.15, -0.1) is 0 Å². The van der Waals surface area contributed by atoms with Gasteiger partial charge in [0.25, 0.3) is 11.8 Å². The van der Waals surface area contributed by atoms with Gasteiger partial charge in [0.15, 0.2) is 0 Å². The van der Waals surface area contributed by atoms with E-state index in [9.17, 15) is 9.59 Å². The highest BCUT2D eigenvalue weighted by molar-refractivity contribution is 6.05. The first-order valence-electron chi connectivity index (χ1n) is 9.09. The lowest BCUT2D eigenvalue weighted by atomic mass is 10.1. The Balaban J connectivity index is 1.80. The summed E-state index contributed by atoms with van der Waals surface area (Å²) in [6.07, 6.45) is 1.68. The van der Waals surface area contributed by atoms with Gasteiger partial charge in [-0.05, 0) is 36.3 Å². The maximum absolute atomic E-state index is 12.8. The maximum atomic E-state index is 12.8. The van der Waals surface area contributed by atoms with E-state index in [2.05, 4.69) is 10.6 Å². The number of carbonyl (C=O) groups excluding carboxylic acids is 2. The Morgan fingerprint density at radius 1 is 0.821 bits per heavy atom. The second kappa shape index (κ2) is 9.33. The topological polar surface area (TPSA) is 58.2 Å². The predicted molar refractivity (Wildman–Crippen MR) is 111 cm³/mol. The van der Waals surface area contributed by atoms with Crippen molar-refractivity contribution in [1.82, 2.24) is 10.6 Å². The van der Waals surface area contributed by atoms with Crippen molar-refractivity contribution < 1.29 is 9.59 Å². The van der Waals surface area contributed by atoms with E-state index in [1.165, 1.54) is 0 Å². The van der Waals surface area contributed by atoms with Crippen molar-refractivity contribution in [1.29, 1.82) is 0 Å². The molecule has 0 radical (unpaired) electrons. The first-order valence-corrected chi connectivity index (χ1v) is 9.09. The predicted octanol–water partition coefficient (Wildman–Crippen LogP) is 4.08. The van der Waals surface area contributed by atoms with Crippen LogP contribution in [-0.4, -0.2) is 11.8 Å². The Hall–Kier alpha value is -3.66. The van der Waals surface area contributed by atoms with Crippen molar-refractivity contribution in [3.63, 3.8) is 0 Å². The van der Waals surface area contributed by atoms with Crippen LogP contribution in [0.1, 0.15) is 27.0 Å². The second-order valence-corrected chi connectivity index (χ2v) is 6.46. The molecule has 140 valence electrons. The third-order valence-corrected chi connectivity index (χ3v) is 4.21. The first kappa shape index (κ1) is 19.1. The van der Waals surface area contributed by atoms with Gasteiger partial charge >= 0.3 is 0 Å². The van der Waals surface area contributed by atoms with E-state index in [0.717, 1.165) is 16.7 Å². The Morgan fingerprint density at radius 3 is 2.07 bits per heavy atom. The molecule has 0 unspecified atom stereocenters. The van der Waals surface area contributed by atoms with Crippen LogP contribution in [0.2, 0.25) is 0 Å². The molecule has 0 saturated carbocycles. The van der Waals surface area contributed by atoms with Gasteiger partial charge in [-0.2, -0.15) is 0 Å². The van der Waals surface area contributed by atoms with Crippen molar-refractivity contribution in [2.45, 2.75) is 13.5 Å². The number of rotatable bonds is 6. The first-order chi connectivity index (χ1) is 13.6. The van der Waals surface area contributed by atoms with E-state index in [0.29, 0.717) is 12.1 Å². The third-order valence-electron chi connectivity index (χ3n) is 4.21. The van der Waals surface area contributed by atoms with Crippen LogP contribution in [-0.2, 0) is 11.3 Å². The van der Waals surface area contributed by atoms with Crippen LogP contribution < -0.4 is 10.6 Å². The minimum Gasteiger partial charge on any atom is -0.347 e. The molecule has 0 atom stereocenters. The van der Waals surface area contributed by atoms with Crippen LogP contribution in [0.4, 0.5) is 0 Å². The van der Waals surface area contributed by atoms with Gasteiger partial charge in [-0.3, -0.25) is 9.59 Å². The van der Waals surface area contributed by atoms with E-state index in [1.807, 2.05) is 67.6 Å². The van der Waals surface area contributed by atoms with Crippen molar-refractivity contribution in [2.75, 3.05) is 0 Å². The van der Waals surface area contributed by atoms with E-state index in [1.54, 1.807) is 30.3 Å². The number of aryl methyl sites for hydroxylation is 1. The molecule has 3 rings (SSSR count). The Morgan fingerprint density at radius 2 is 1.43 bits per heavy atom. The zero-order chi connectivity index (χ0) is 19.8. The van der Waals surface area contributed by atoms with Gasteiger partial charge in [0.05, 0.1) is 0 Å². The summed E-state index contributed by atoms with van der Waals surface area (Å²) in [5.41, 5.74) is 3.64. The number of hydrogen-bond donors (Lipinski definition) is 2. The summed E-state index contributed by atoms with van der Waals surface area (Å²) in [6, 6.07) is 26.2. The van der Waals surface area contributed by atoms with Gasteiger partial charge < -0.3 is 10.6 Å². The van der Waals surface area contributed by atoms with Crippen LogP contribution in [0.15, 0.2) is 90.6 Å². The van der Waals surface area contributed by atoms with Gasteiger partial charge in [-0.25, -0.2) is 0 Å². The lowest BCUT2D eigenvalue weighted by Gasteiger charge is -2.11. The number of benzene rings is 3. The van der Waals surface area contributed by atoms with Crippen molar-refractivity contribution in [3.05, 3.63) is 113 Å². The second-order valence-electron chi connectivity index (χ2n) is 6.46. The summed E-state index contributed by atoms with van der Waals surface area (Å²) < 4.78 is 0. The third kappa shape index (κ3) is 5.42. The van der Waals surface area contributed by atoms with E-state index >= 15 is 0 Å². The normalized spacial score (nSPS) is 11.0. The number of nitrogens with one attached hydrogen (secondary N) is 2. The van der Waals surface area contributed by atoms with Crippen LogP contribution in [0.3, 0.4) is 0 Å². The Kier molecular flexibility index (Phi) is 6.37. The average molecular weight is 370 g/mol. The summed E-state index contributed by atoms with van der Waals surface area (Å²) in [5, 5.41) is 5.61. The molecular weight excluding hydrogens is 348 g/mol. The summed E-state index contributed by atoms with van der Waals surface area (Å²) in [5.74, 6) is -0.664. The smallest absolute Gasteiger partial charge is 0.268 e. The molecule has 0 aliphatic heterocycles. The average Bonchev–Trinajstić information content (AvgIpc) is 2.74. The quantitative estimate of drug-likeness (QED) is 0.642. The molecule has 3 aromatic rings. The summed E-state index contributed by atoms with van der Waals surface area (Å²) >= 11 is 0. The maximum Gasteiger partial charge on any atom is 0.268 e. The number of amides is 2. The molecule has 4 heteroatoms. The molecule has 0 heterocycles. The summed E-state index contributed by atoms with van der Waals surface area (Å²) in [7, 11) is 0. The van der Waals surface area contributed by atoms with E-state index < -0.39 is 0 Å². The SMILES string of the molecule is Cc1ccc(/C=C(/NC(=O)c2ccccc2)C(=O)NCc2ccccc2)cc1. The molecular formula is C24H22N2O2. The molecule has 2 N–H and O–H groups in total. The fourth-order valence-corrected chi connectivity index (χ4v) is 2.65. The molecule has 2 amide bonds. The van der Waals surface area contributed by atoms with E-state index in [4.69, 9.17) is 0 Å². The standard InChI is InChI=1S/C24H22N2O2/c1-18-12-14-19(15-13-18)16-22(26-23(27)21-10-6-3-7-11-21)24(28)25-17-20-8-4-2-5-9-20/h2-16H,17H2,1H3,(H,25,28)(H,26,27)/b22-16+. The van der Waals surface area contributed by atoms with Crippen molar-refractivity contribution >= 4 is 17.9 Å². The zero-order valence-electron chi connectivity index (χ0n) is 15.7. The Bertz CT molecular complexity index is 963. The highest BCUT2D eigenvalue weighted by Crippen LogP contribution is 2.09. The van der Waals surface area contributed by atoms with Crippen LogP contribution >= 0.6 is 0 Å². The molecule has 0 spiro atoms. The monoisotopic (exact) mass is 370 g/mol. The number of carbonyl (C=O) groups is 2. The molecule has 3 aromatic carbocycles.